The predicted octanol–water partition coefficient (Wildman–Crippen LogP) is 3.84. The molecule has 84 valence electrons. The summed E-state index contributed by atoms with van der Waals surface area (Å²) in [4.78, 5) is 11.8. The molecule has 0 aliphatic carbocycles. The van der Waals surface area contributed by atoms with Crippen molar-refractivity contribution in [3.05, 3.63) is 58.4 Å². The molecule has 0 spiro atoms. The number of alkyl halides is 1. The van der Waals surface area contributed by atoms with Gasteiger partial charge in [-0.15, -0.1) is 0 Å². The molecule has 0 aliphatic heterocycles. The van der Waals surface area contributed by atoms with Gasteiger partial charge in [0.15, 0.2) is 0 Å². The number of benzene rings is 2. The highest BCUT2D eigenvalue weighted by Crippen LogP contribution is 2.24. The zero-order valence-corrected chi connectivity index (χ0v) is 10.5. The van der Waals surface area contributed by atoms with E-state index < -0.39 is 0 Å². The highest BCUT2D eigenvalue weighted by atomic mass is 79.9. The number of hydrogen-bond donors (Lipinski definition) is 0. The molecule has 0 radical (unpaired) electrons. The Morgan fingerprint density at radius 3 is 2.53 bits per heavy atom. The van der Waals surface area contributed by atoms with E-state index in [-0.39, 0.29) is 5.63 Å². The van der Waals surface area contributed by atoms with E-state index in [0.717, 1.165) is 21.7 Å². The van der Waals surface area contributed by atoms with Crippen LogP contribution in [0.3, 0.4) is 0 Å². The first-order valence-corrected chi connectivity index (χ1v) is 6.42. The molecule has 0 fully saturated rings. The molecule has 2 aromatic carbocycles. The molecule has 2 nitrogen and oxygen atoms in total. The quantitative estimate of drug-likeness (QED) is 0.387. The predicted molar refractivity (Wildman–Crippen MR) is 72.6 cm³/mol. The van der Waals surface area contributed by atoms with Crippen LogP contribution >= 0.6 is 15.9 Å². The van der Waals surface area contributed by atoms with Gasteiger partial charge in [-0.2, -0.15) is 0 Å². The van der Waals surface area contributed by atoms with Crippen LogP contribution in [-0.4, -0.2) is 0 Å². The molecular weight excluding hydrogens is 280 g/mol. The first-order valence-electron chi connectivity index (χ1n) is 5.30. The summed E-state index contributed by atoms with van der Waals surface area (Å²) in [5.41, 5.74) is 1.52. The smallest absolute Gasteiger partial charge is 0.344 e. The van der Waals surface area contributed by atoms with Gasteiger partial charge in [0.05, 0.1) is 5.39 Å². The third-order valence-electron chi connectivity index (χ3n) is 2.84. The van der Waals surface area contributed by atoms with Crippen LogP contribution < -0.4 is 5.63 Å². The molecule has 0 saturated carbocycles. The lowest BCUT2D eigenvalue weighted by atomic mass is 10.1. The summed E-state index contributed by atoms with van der Waals surface area (Å²) in [5.74, 6) is 0. The van der Waals surface area contributed by atoms with Crippen molar-refractivity contribution in [2.45, 2.75) is 5.33 Å². The maximum atomic E-state index is 11.8. The van der Waals surface area contributed by atoms with Crippen molar-refractivity contribution in [1.82, 2.24) is 0 Å². The first-order chi connectivity index (χ1) is 8.29. The highest BCUT2D eigenvalue weighted by molar-refractivity contribution is 9.08. The Morgan fingerprint density at radius 1 is 1.00 bits per heavy atom. The fourth-order valence-corrected chi connectivity index (χ4v) is 2.36. The number of rotatable bonds is 1. The van der Waals surface area contributed by atoms with E-state index in [9.17, 15) is 4.79 Å². The zero-order valence-electron chi connectivity index (χ0n) is 8.94. The van der Waals surface area contributed by atoms with Gasteiger partial charge in [0, 0.05) is 10.7 Å². The second-order valence-electron chi connectivity index (χ2n) is 3.90. The second-order valence-corrected chi connectivity index (χ2v) is 4.46. The molecule has 3 aromatic rings. The van der Waals surface area contributed by atoms with Crippen molar-refractivity contribution in [2.75, 3.05) is 0 Å². The van der Waals surface area contributed by atoms with Crippen molar-refractivity contribution in [1.29, 1.82) is 0 Å². The summed E-state index contributed by atoms with van der Waals surface area (Å²) in [6, 6.07) is 13.4. The SMILES string of the molecule is O=c1oc2ccc(CBr)cc2c2ccccc12. The Hall–Kier alpha value is -1.61. The molecule has 0 amide bonds. The number of hydrogen-bond acceptors (Lipinski definition) is 2. The van der Waals surface area contributed by atoms with E-state index in [2.05, 4.69) is 22.0 Å². The zero-order chi connectivity index (χ0) is 11.8. The van der Waals surface area contributed by atoms with Crippen molar-refractivity contribution >= 4 is 37.7 Å². The summed E-state index contributed by atoms with van der Waals surface area (Å²) >= 11 is 3.43. The fraction of sp³-hybridized carbons (Fsp3) is 0.0714. The fourth-order valence-electron chi connectivity index (χ4n) is 2.01. The number of fused-ring (bicyclic) bond motifs is 3. The van der Waals surface area contributed by atoms with Gasteiger partial charge in [0.25, 0.3) is 0 Å². The van der Waals surface area contributed by atoms with E-state index >= 15 is 0 Å². The molecule has 1 aromatic heterocycles. The van der Waals surface area contributed by atoms with Crippen molar-refractivity contribution in [2.24, 2.45) is 0 Å². The van der Waals surface area contributed by atoms with E-state index in [0.29, 0.717) is 11.0 Å². The van der Waals surface area contributed by atoms with E-state index in [1.807, 2.05) is 30.3 Å². The average Bonchev–Trinajstić information content (AvgIpc) is 2.39. The molecule has 0 N–H and O–H groups in total. The summed E-state index contributed by atoms with van der Waals surface area (Å²) in [6.07, 6.45) is 0. The lowest BCUT2D eigenvalue weighted by molar-refractivity contribution is 0.569. The van der Waals surface area contributed by atoms with Gasteiger partial charge in [-0.3, -0.25) is 0 Å². The lowest BCUT2D eigenvalue weighted by Crippen LogP contribution is -1.99. The van der Waals surface area contributed by atoms with Gasteiger partial charge in [-0.05, 0) is 29.1 Å². The topological polar surface area (TPSA) is 30.2 Å². The maximum absolute atomic E-state index is 11.8. The van der Waals surface area contributed by atoms with E-state index in [1.54, 1.807) is 6.07 Å². The number of halogens is 1. The van der Waals surface area contributed by atoms with Crippen LogP contribution in [0, 0.1) is 0 Å². The molecule has 17 heavy (non-hydrogen) atoms. The van der Waals surface area contributed by atoms with Crippen molar-refractivity contribution in [3.63, 3.8) is 0 Å². The van der Waals surface area contributed by atoms with Gasteiger partial charge in [-0.25, -0.2) is 4.79 Å². The largest absolute Gasteiger partial charge is 0.422 e. The van der Waals surface area contributed by atoms with Gasteiger partial charge >= 0.3 is 5.63 Å². The van der Waals surface area contributed by atoms with Gasteiger partial charge in [0.2, 0.25) is 0 Å². The summed E-state index contributed by atoms with van der Waals surface area (Å²) in [7, 11) is 0. The van der Waals surface area contributed by atoms with Crippen molar-refractivity contribution in [3.8, 4) is 0 Å². The molecule has 0 bridgehead atoms. The summed E-state index contributed by atoms with van der Waals surface area (Å²) in [5, 5.41) is 3.35. The first kappa shape index (κ1) is 10.5. The van der Waals surface area contributed by atoms with Crippen LogP contribution in [0.1, 0.15) is 5.56 Å². The Bertz CT molecular complexity index is 759. The Balaban J connectivity index is 2.56. The Labute approximate surface area is 106 Å². The average molecular weight is 289 g/mol. The van der Waals surface area contributed by atoms with E-state index in [4.69, 9.17) is 4.42 Å². The molecule has 0 unspecified atom stereocenters. The Morgan fingerprint density at radius 2 is 1.76 bits per heavy atom. The van der Waals surface area contributed by atoms with Crippen LogP contribution in [0.15, 0.2) is 51.7 Å². The lowest BCUT2D eigenvalue weighted by Gasteiger charge is -2.03. The van der Waals surface area contributed by atoms with Crippen LogP contribution in [0.2, 0.25) is 0 Å². The minimum Gasteiger partial charge on any atom is -0.422 e. The van der Waals surface area contributed by atoms with Gasteiger partial charge < -0.3 is 4.42 Å². The second kappa shape index (κ2) is 4.00. The van der Waals surface area contributed by atoms with Crippen LogP contribution in [0.5, 0.6) is 0 Å². The third kappa shape index (κ3) is 1.67. The van der Waals surface area contributed by atoms with Crippen molar-refractivity contribution < 1.29 is 4.42 Å². The highest BCUT2D eigenvalue weighted by Gasteiger charge is 2.06. The van der Waals surface area contributed by atoms with Gasteiger partial charge in [-0.1, -0.05) is 40.2 Å². The standard InChI is InChI=1S/C14H9BrO2/c15-8-9-5-6-13-12(7-9)10-3-1-2-4-11(10)14(16)17-13/h1-7H,8H2. The molecule has 3 heteroatoms. The summed E-state index contributed by atoms with van der Waals surface area (Å²) in [6.45, 7) is 0. The molecular formula is C14H9BrO2. The third-order valence-corrected chi connectivity index (χ3v) is 3.49. The summed E-state index contributed by atoms with van der Waals surface area (Å²) < 4.78 is 5.30. The molecule has 0 saturated heterocycles. The molecule has 1 heterocycles. The molecule has 0 aliphatic rings. The van der Waals surface area contributed by atoms with Gasteiger partial charge in [0.1, 0.15) is 5.58 Å². The monoisotopic (exact) mass is 288 g/mol. The van der Waals surface area contributed by atoms with Crippen LogP contribution in [0.4, 0.5) is 0 Å². The van der Waals surface area contributed by atoms with E-state index in [1.165, 1.54) is 0 Å². The molecule has 3 rings (SSSR count). The van der Waals surface area contributed by atoms with Crippen LogP contribution in [0.25, 0.3) is 21.7 Å². The molecule has 0 atom stereocenters. The normalized spacial score (nSPS) is 11.1. The Kier molecular flexibility index (Phi) is 2.48. The van der Waals surface area contributed by atoms with Crippen LogP contribution in [-0.2, 0) is 5.33 Å². The maximum Gasteiger partial charge on any atom is 0.344 e. The minimum atomic E-state index is -0.278. The minimum absolute atomic E-state index is 0.278.